The zero-order valence-electron chi connectivity index (χ0n) is 10.5. The van der Waals surface area contributed by atoms with E-state index in [2.05, 4.69) is 0 Å². The smallest absolute Gasteiger partial charge is 0.175 e. The molecule has 2 nitrogen and oxygen atoms in total. The van der Waals surface area contributed by atoms with E-state index in [4.69, 9.17) is 23.2 Å². The molecule has 1 unspecified atom stereocenters. The minimum atomic E-state index is -1.28. The van der Waals surface area contributed by atoms with Gasteiger partial charge >= 0.3 is 0 Å². The molecular formula is C15H12Cl2O2S. The molecule has 1 atom stereocenters. The molecule has 0 aromatic heterocycles. The molecule has 0 aliphatic carbocycles. The molecule has 0 radical (unpaired) electrons. The van der Waals surface area contributed by atoms with Crippen LogP contribution >= 0.6 is 23.2 Å². The summed E-state index contributed by atoms with van der Waals surface area (Å²) in [5.41, 5.74) is 1.30. The Morgan fingerprint density at radius 3 is 2.30 bits per heavy atom. The summed E-state index contributed by atoms with van der Waals surface area (Å²) in [6, 6.07) is 13.8. The predicted molar refractivity (Wildman–Crippen MR) is 83.9 cm³/mol. The molecule has 2 aromatic rings. The quantitative estimate of drug-likeness (QED) is 0.774. The Morgan fingerprint density at radius 1 is 1.00 bits per heavy atom. The van der Waals surface area contributed by atoms with E-state index in [0.717, 1.165) is 5.56 Å². The summed E-state index contributed by atoms with van der Waals surface area (Å²) in [4.78, 5) is 12.0. The van der Waals surface area contributed by atoms with E-state index in [1.54, 1.807) is 30.3 Å². The number of carbonyl (C=O) groups is 1. The molecule has 2 aromatic carbocycles. The minimum absolute atomic E-state index is 0.0210. The van der Waals surface area contributed by atoms with Crippen LogP contribution in [0, 0.1) is 0 Å². The van der Waals surface area contributed by atoms with E-state index in [9.17, 15) is 9.00 Å². The maximum atomic E-state index is 12.0. The fourth-order valence-electron chi connectivity index (χ4n) is 1.71. The molecule has 0 saturated heterocycles. The van der Waals surface area contributed by atoms with E-state index in [0.29, 0.717) is 15.6 Å². The second-order valence-corrected chi connectivity index (χ2v) is 6.55. The van der Waals surface area contributed by atoms with Gasteiger partial charge in [0.1, 0.15) is 0 Å². The minimum Gasteiger partial charge on any atom is -0.293 e. The standard InChI is InChI=1S/C15H12Cl2O2S/c16-13-7-5-11(6-8-13)15(18)10-20(19)9-12-3-1-2-4-14(12)17/h1-8H,9-10H2. The second-order valence-electron chi connectivity index (χ2n) is 4.25. The van der Waals surface area contributed by atoms with Crippen LogP contribution in [-0.4, -0.2) is 15.7 Å². The SMILES string of the molecule is O=C(CS(=O)Cc1ccccc1Cl)c1ccc(Cl)cc1. The van der Waals surface area contributed by atoms with E-state index in [1.807, 2.05) is 18.2 Å². The molecule has 0 spiro atoms. The Morgan fingerprint density at radius 2 is 1.65 bits per heavy atom. The Hall–Kier alpha value is -1.16. The molecule has 0 heterocycles. The first kappa shape index (κ1) is 15.2. The number of rotatable bonds is 5. The van der Waals surface area contributed by atoms with Crippen molar-refractivity contribution in [2.75, 3.05) is 5.75 Å². The molecule has 0 N–H and O–H groups in total. The number of benzene rings is 2. The third kappa shape index (κ3) is 4.17. The zero-order valence-corrected chi connectivity index (χ0v) is 12.8. The van der Waals surface area contributed by atoms with Crippen molar-refractivity contribution in [3.8, 4) is 0 Å². The highest BCUT2D eigenvalue weighted by Crippen LogP contribution is 2.17. The lowest BCUT2D eigenvalue weighted by Crippen LogP contribution is -2.12. The Kier molecular flexibility index (Phi) is 5.35. The van der Waals surface area contributed by atoms with Crippen molar-refractivity contribution in [2.45, 2.75) is 5.75 Å². The maximum Gasteiger partial charge on any atom is 0.175 e. The van der Waals surface area contributed by atoms with Crippen LogP contribution in [-0.2, 0) is 16.6 Å². The van der Waals surface area contributed by atoms with E-state index < -0.39 is 10.8 Å². The van der Waals surface area contributed by atoms with Crippen molar-refractivity contribution in [3.05, 3.63) is 69.7 Å². The fourth-order valence-corrected chi connectivity index (χ4v) is 3.27. The number of Topliss-reactive ketones (excluding diaryl/α,β-unsaturated/α-hetero) is 1. The van der Waals surface area contributed by atoms with E-state index in [-0.39, 0.29) is 17.3 Å². The molecule has 104 valence electrons. The van der Waals surface area contributed by atoms with Gasteiger partial charge in [0.05, 0.1) is 11.5 Å². The highest BCUT2D eigenvalue weighted by atomic mass is 35.5. The van der Waals surface area contributed by atoms with Gasteiger partial charge in [-0.1, -0.05) is 41.4 Å². The molecule has 2 rings (SSSR count). The average molecular weight is 327 g/mol. The van der Waals surface area contributed by atoms with Crippen LogP contribution in [0.4, 0.5) is 0 Å². The number of ketones is 1. The van der Waals surface area contributed by atoms with Gasteiger partial charge < -0.3 is 0 Å². The molecule has 5 heteroatoms. The topological polar surface area (TPSA) is 34.1 Å². The van der Waals surface area contributed by atoms with Gasteiger partial charge in [-0.3, -0.25) is 9.00 Å². The molecule has 0 aliphatic rings. The Labute approximate surface area is 130 Å². The second kappa shape index (κ2) is 7.02. The predicted octanol–water partition coefficient (Wildman–Crippen LogP) is 4.13. The first-order valence-corrected chi connectivity index (χ1v) is 8.18. The Balaban J connectivity index is 2.00. The Bertz CT molecular complexity index is 639. The van der Waals surface area contributed by atoms with Crippen molar-refractivity contribution in [1.82, 2.24) is 0 Å². The van der Waals surface area contributed by atoms with Gasteiger partial charge in [0.2, 0.25) is 0 Å². The fraction of sp³-hybridized carbons (Fsp3) is 0.133. The van der Waals surface area contributed by atoms with E-state index >= 15 is 0 Å². The summed E-state index contributed by atoms with van der Waals surface area (Å²) >= 11 is 11.8. The summed E-state index contributed by atoms with van der Waals surface area (Å²) < 4.78 is 12.0. The third-order valence-corrected chi connectivity index (χ3v) is 4.57. The van der Waals surface area contributed by atoms with Crippen LogP contribution in [0.5, 0.6) is 0 Å². The molecular weight excluding hydrogens is 315 g/mol. The zero-order chi connectivity index (χ0) is 14.5. The van der Waals surface area contributed by atoms with Gasteiger partial charge in [-0.2, -0.15) is 0 Å². The lowest BCUT2D eigenvalue weighted by molar-refractivity contribution is 0.102. The van der Waals surface area contributed by atoms with Crippen molar-refractivity contribution in [3.63, 3.8) is 0 Å². The van der Waals surface area contributed by atoms with Crippen molar-refractivity contribution in [2.24, 2.45) is 0 Å². The van der Waals surface area contributed by atoms with Crippen molar-refractivity contribution >= 4 is 39.8 Å². The molecule has 0 fully saturated rings. The number of halogens is 2. The van der Waals surface area contributed by atoms with Crippen LogP contribution in [0.25, 0.3) is 0 Å². The largest absolute Gasteiger partial charge is 0.293 e. The van der Waals surface area contributed by atoms with Crippen LogP contribution in [0.3, 0.4) is 0 Å². The van der Waals surface area contributed by atoms with Gasteiger partial charge in [0, 0.05) is 26.4 Å². The van der Waals surface area contributed by atoms with E-state index in [1.165, 1.54) is 0 Å². The number of hydrogen-bond acceptors (Lipinski definition) is 2. The number of hydrogen-bond donors (Lipinski definition) is 0. The summed E-state index contributed by atoms with van der Waals surface area (Å²) in [5, 5.41) is 1.14. The van der Waals surface area contributed by atoms with Gasteiger partial charge in [-0.05, 0) is 35.9 Å². The highest BCUT2D eigenvalue weighted by molar-refractivity contribution is 7.85. The summed E-state index contributed by atoms with van der Waals surface area (Å²) in [6.45, 7) is 0. The van der Waals surface area contributed by atoms with Gasteiger partial charge in [0.25, 0.3) is 0 Å². The molecule has 20 heavy (non-hydrogen) atoms. The highest BCUT2D eigenvalue weighted by Gasteiger charge is 2.12. The molecule has 0 amide bonds. The lowest BCUT2D eigenvalue weighted by atomic mass is 10.1. The first-order valence-electron chi connectivity index (χ1n) is 5.93. The molecule has 0 aliphatic heterocycles. The van der Waals surface area contributed by atoms with Crippen LogP contribution in [0.2, 0.25) is 10.0 Å². The van der Waals surface area contributed by atoms with Gasteiger partial charge in [0.15, 0.2) is 5.78 Å². The average Bonchev–Trinajstić information content (AvgIpc) is 2.42. The summed E-state index contributed by atoms with van der Waals surface area (Å²) in [6.07, 6.45) is 0. The first-order chi connectivity index (χ1) is 9.56. The molecule has 0 saturated carbocycles. The van der Waals surface area contributed by atoms with Crippen molar-refractivity contribution in [1.29, 1.82) is 0 Å². The van der Waals surface area contributed by atoms with Crippen LogP contribution in [0.1, 0.15) is 15.9 Å². The monoisotopic (exact) mass is 326 g/mol. The lowest BCUT2D eigenvalue weighted by Gasteiger charge is -2.04. The number of carbonyl (C=O) groups excluding carboxylic acids is 1. The van der Waals surface area contributed by atoms with Gasteiger partial charge in [-0.15, -0.1) is 0 Å². The third-order valence-electron chi connectivity index (χ3n) is 2.73. The summed E-state index contributed by atoms with van der Waals surface area (Å²) in [7, 11) is -1.28. The van der Waals surface area contributed by atoms with Crippen molar-refractivity contribution < 1.29 is 9.00 Å². The van der Waals surface area contributed by atoms with Crippen LogP contribution < -0.4 is 0 Å². The molecule has 0 bridgehead atoms. The van der Waals surface area contributed by atoms with Crippen LogP contribution in [0.15, 0.2) is 48.5 Å². The summed E-state index contributed by atoms with van der Waals surface area (Å²) in [5.74, 6) is 0.0957. The maximum absolute atomic E-state index is 12.0. The van der Waals surface area contributed by atoms with Gasteiger partial charge in [-0.25, -0.2) is 0 Å². The normalized spacial score (nSPS) is 12.1.